The van der Waals surface area contributed by atoms with Crippen molar-refractivity contribution in [1.29, 1.82) is 0 Å². The fourth-order valence-electron chi connectivity index (χ4n) is 1.78. The Kier molecular flexibility index (Phi) is 3.24. The van der Waals surface area contributed by atoms with E-state index in [1.807, 2.05) is 17.5 Å². The van der Waals surface area contributed by atoms with Gasteiger partial charge in [-0.3, -0.25) is 4.79 Å². The van der Waals surface area contributed by atoms with Crippen molar-refractivity contribution in [2.75, 3.05) is 0 Å². The van der Waals surface area contributed by atoms with Gasteiger partial charge in [-0.1, -0.05) is 12.6 Å². The Morgan fingerprint density at radius 2 is 2.35 bits per heavy atom. The Bertz CT molecular complexity index is 485. The van der Waals surface area contributed by atoms with Crippen LogP contribution in [0.1, 0.15) is 17.7 Å². The highest BCUT2D eigenvalue weighted by atomic mass is 32.1. The average Bonchev–Trinajstić information content (AvgIpc) is 2.90. The van der Waals surface area contributed by atoms with E-state index < -0.39 is 6.10 Å². The SMILES string of the molecule is C=C(C(C)=O)[C@@H](c1cccs1)[C@@H]1C=CC(=O)O1. The minimum atomic E-state index is -0.419. The topological polar surface area (TPSA) is 43.4 Å². The van der Waals surface area contributed by atoms with E-state index in [2.05, 4.69) is 6.58 Å². The summed E-state index contributed by atoms with van der Waals surface area (Å²) in [5, 5.41) is 1.93. The van der Waals surface area contributed by atoms with Crippen LogP contribution < -0.4 is 0 Å². The summed E-state index contributed by atoms with van der Waals surface area (Å²) in [6, 6.07) is 3.82. The first-order valence-electron chi connectivity index (χ1n) is 5.21. The van der Waals surface area contributed by atoms with Crippen molar-refractivity contribution in [3.8, 4) is 0 Å². The van der Waals surface area contributed by atoms with Crippen LogP contribution in [0.4, 0.5) is 0 Å². The Morgan fingerprint density at radius 3 is 2.82 bits per heavy atom. The molecule has 0 fully saturated rings. The number of Topliss-reactive ketones (excluding diaryl/α,β-unsaturated/α-hetero) is 1. The molecule has 2 heterocycles. The standard InChI is InChI=1S/C13H12O3S/c1-8(9(2)14)13(11-4-3-7-17-11)10-5-6-12(15)16-10/h3-7,10,13H,1H2,2H3/t10-,13+/m0/s1. The summed E-state index contributed by atoms with van der Waals surface area (Å²) in [6.07, 6.45) is 2.65. The van der Waals surface area contributed by atoms with Gasteiger partial charge >= 0.3 is 5.97 Å². The quantitative estimate of drug-likeness (QED) is 0.607. The predicted octanol–water partition coefficient (Wildman–Crippen LogP) is 2.46. The lowest BCUT2D eigenvalue weighted by molar-refractivity contribution is -0.139. The van der Waals surface area contributed by atoms with Gasteiger partial charge < -0.3 is 4.74 Å². The molecule has 0 spiro atoms. The third-order valence-electron chi connectivity index (χ3n) is 2.68. The Hall–Kier alpha value is -1.68. The number of carbonyl (C=O) groups excluding carboxylic acids is 2. The molecule has 1 aromatic heterocycles. The molecule has 0 saturated carbocycles. The minimum absolute atomic E-state index is 0.0836. The van der Waals surface area contributed by atoms with Gasteiger partial charge in [0, 0.05) is 11.0 Å². The lowest BCUT2D eigenvalue weighted by atomic mass is 9.90. The van der Waals surface area contributed by atoms with Crippen LogP contribution >= 0.6 is 11.3 Å². The number of esters is 1. The maximum absolute atomic E-state index is 11.5. The molecule has 0 amide bonds. The van der Waals surface area contributed by atoms with E-state index in [1.165, 1.54) is 24.3 Å². The van der Waals surface area contributed by atoms with E-state index in [1.54, 1.807) is 6.08 Å². The van der Waals surface area contributed by atoms with Crippen molar-refractivity contribution in [3.63, 3.8) is 0 Å². The molecular formula is C13H12O3S. The summed E-state index contributed by atoms with van der Waals surface area (Å²) < 4.78 is 5.16. The molecule has 0 saturated heterocycles. The maximum atomic E-state index is 11.5. The molecule has 0 unspecified atom stereocenters. The van der Waals surface area contributed by atoms with Gasteiger partial charge in [-0.05, 0) is 30.0 Å². The van der Waals surface area contributed by atoms with Gasteiger partial charge in [0.25, 0.3) is 0 Å². The summed E-state index contributed by atoms with van der Waals surface area (Å²) in [4.78, 5) is 23.5. The third-order valence-corrected chi connectivity index (χ3v) is 3.64. The molecule has 3 nitrogen and oxygen atoms in total. The van der Waals surface area contributed by atoms with Gasteiger partial charge in [0.15, 0.2) is 5.78 Å². The van der Waals surface area contributed by atoms with Crippen LogP contribution in [0.15, 0.2) is 41.8 Å². The van der Waals surface area contributed by atoms with Gasteiger partial charge in [-0.25, -0.2) is 4.79 Å². The third kappa shape index (κ3) is 2.36. The number of ketones is 1. The van der Waals surface area contributed by atoms with E-state index >= 15 is 0 Å². The molecule has 1 aliphatic rings. The van der Waals surface area contributed by atoms with Gasteiger partial charge in [0.05, 0.1) is 5.92 Å². The molecule has 0 bridgehead atoms. The van der Waals surface area contributed by atoms with E-state index in [0.29, 0.717) is 5.57 Å². The van der Waals surface area contributed by atoms with E-state index in [9.17, 15) is 9.59 Å². The maximum Gasteiger partial charge on any atom is 0.331 e. The van der Waals surface area contributed by atoms with Crippen LogP contribution in [0.3, 0.4) is 0 Å². The van der Waals surface area contributed by atoms with Crippen molar-refractivity contribution >= 4 is 23.1 Å². The van der Waals surface area contributed by atoms with Gasteiger partial charge in [0.1, 0.15) is 6.10 Å². The van der Waals surface area contributed by atoms with Crippen molar-refractivity contribution < 1.29 is 14.3 Å². The molecule has 2 rings (SSSR count). The predicted molar refractivity (Wildman–Crippen MR) is 65.9 cm³/mol. The van der Waals surface area contributed by atoms with E-state index in [4.69, 9.17) is 4.74 Å². The van der Waals surface area contributed by atoms with Gasteiger partial charge in [-0.15, -0.1) is 11.3 Å². The molecule has 88 valence electrons. The fourth-order valence-corrected chi connectivity index (χ4v) is 2.68. The van der Waals surface area contributed by atoms with Crippen LogP contribution in [0.5, 0.6) is 0 Å². The molecule has 2 atom stereocenters. The van der Waals surface area contributed by atoms with Gasteiger partial charge in [-0.2, -0.15) is 0 Å². The highest BCUT2D eigenvalue weighted by molar-refractivity contribution is 7.10. The molecule has 0 radical (unpaired) electrons. The first-order chi connectivity index (χ1) is 8.09. The lowest BCUT2D eigenvalue weighted by Gasteiger charge is -2.21. The van der Waals surface area contributed by atoms with Crippen LogP contribution in [0, 0.1) is 0 Å². The zero-order valence-corrected chi connectivity index (χ0v) is 10.2. The second-order valence-electron chi connectivity index (χ2n) is 3.84. The van der Waals surface area contributed by atoms with Crippen LogP contribution in [0.25, 0.3) is 0 Å². The minimum Gasteiger partial charge on any atom is -0.454 e. The molecule has 1 aromatic rings. The number of rotatable bonds is 4. The molecule has 0 N–H and O–H groups in total. The number of carbonyl (C=O) groups is 2. The van der Waals surface area contributed by atoms with Crippen molar-refractivity contribution in [2.24, 2.45) is 0 Å². The largest absolute Gasteiger partial charge is 0.454 e. The van der Waals surface area contributed by atoms with Crippen molar-refractivity contribution in [1.82, 2.24) is 0 Å². The molecule has 0 aromatic carbocycles. The smallest absolute Gasteiger partial charge is 0.331 e. The number of hydrogen-bond acceptors (Lipinski definition) is 4. The zero-order chi connectivity index (χ0) is 12.4. The van der Waals surface area contributed by atoms with Crippen LogP contribution in [-0.4, -0.2) is 17.9 Å². The number of thiophene rings is 1. The van der Waals surface area contributed by atoms with Crippen LogP contribution in [-0.2, 0) is 14.3 Å². The fraction of sp³-hybridized carbons (Fsp3) is 0.231. The Labute approximate surface area is 103 Å². The summed E-state index contributed by atoms with van der Waals surface area (Å²) in [5.41, 5.74) is 0.469. The summed E-state index contributed by atoms with van der Waals surface area (Å²) >= 11 is 1.53. The lowest BCUT2D eigenvalue weighted by Crippen LogP contribution is -2.22. The monoisotopic (exact) mass is 248 g/mol. The number of ether oxygens (including phenoxy) is 1. The normalized spacial score (nSPS) is 20.1. The number of cyclic esters (lactones) is 1. The first kappa shape index (κ1) is 11.8. The number of hydrogen-bond donors (Lipinski definition) is 0. The second kappa shape index (κ2) is 4.67. The van der Waals surface area contributed by atoms with Crippen molar-refractivity contribution in [2.45, 2.75) is 18.9 Å². The molecule has 0 aliphatic carbocycles. The molecular weight excluding hydrogens is 236 g/mol. The molecule has 17 heavy (non-hydrogen) atoms. The van der Waals surface area contributed by atoms with Crippen LogP contribution in [0.2, 0.25) is 0 Å². The average molecular weight is 248 g/mol. The Morgan fingerprint density at radius 1 is 1.59 bits per heavy atom. The summed E-state index contributed by atoms with van der Waals surface area (Å²) in [7, 11) is 0. The van der Waals surface area contributed by atoms with Crippen molar-refractivity contribution in [3.05, 3.63) is 46.7 Å². The summed E-state index contributed by atoms with van der Waals surface area (Å²) in [6.45, 7) is 5.29. The van der Waals surface area contributed by atoms with E-state index in [-0.39, 0.29) is 17.7 Å². The Balaban J connectivity index is 2.31. The highest BCUT2D eigenvalue weighted by Crippen LogP contribution is 2.34. The van der Waals surface area contributed by atoms with Gasteiger partial charge in [0.2, 0.25) is 0 Å². The highest BCUT2D eigenvalue weighted by Gasteiger charge is 2.32. The molecule has 1 aliphatic heterocycles. The second-order valence-corrected chi connectivity index (χ2v) is 4.81. The zero-order valence-electron chi connectivity index (χ0n) is 9.38. The summed E-state index contributed by atoms with van der Waals surface area (Å²) in [5.74, 6) is -0.720. The van der Waals surface area contributed by atoms with E-state index in [0.717, 1.165) is 4.88 Å². The molecule has 4 heteroatoms. The first-order valence-corrected chi connectivity index (χ1v) is 6.09.